The number of nitrogens with zero attached hydrogens (tertiary/aromatic N) is 3. The van der Waals surface area contributed by atoms with E-state index in [4.69, 9.17) is 11.6 Å². The van der Waals surface area contributed by atoms with Crippen LogP contribution in [-0.2, 0) is 32.8 Å². The number of carbonyl (C=O) groups is 2. The van der Waals surface area contributed by atoms with E-state index >= 15 is 0 Å². The second-order valence-electron chi connectivity index (χ2n) is 9.75. The van der Waals surface area contributed by atoms with Crippen LogP contribution in [0.4, 0.5) is 10.1 Å². The van der Waals surface area contributed by atoms with Crippen LogP contribution in [0.3, 0.4) is 0 Å². The molecule has 0 spiro atoms. The van der Waals surface area contributed by atoms with Crippen molar-refractivity contribution in [2.45, 2.75) is 38.8 Å². The number of hydrogen-bond donors (Lipinski definition) is 1. The Hall–Kier alpha value is -3.47. The second kappa shape index (κ2) is 15.0. The predicted molar refractivity (Wildman–Crippen MR) is 160 cm³/mol. The van der Waals surface area contributed by atoms with Crippen molar-refractivity contribution in [3.63, 3.8) is 0 Å². The molecule has 2 amide bonds. The average molecular weight is 603 g/mol. The molecule has 41 heavy (non-hydrogen) atoms. The lowest BCUT2D eigenvalue weighted by molar-refractivity contribution is -0.140. The van der Waals surface area contributed by atoms with Crippen molar-refractivity contribution >= 4 is 39.3 Å². The quantitative estimate of drug-likeness (QED) is 0.272. The van der Waals surface area contributed by atoms with Gasteiger partial charge in [-0.1, -0.05) is 79.5 Å². The maximum Gasteiger partial charge on any atom is 0.304 e. The van der Waals surface area contributed by atoms with Crippen LogP contribution in [0.15, 0.2) is 78.9 Å². The molecule has 0 saturated heterocycles. The molecule has 0 aromatic heterocycles. The molecule has 3 aromatic carbocycles. The Morgan fingerprint density at radius 1 is 0.951 bits per heavy atom. The number of benzene rings is 3. The molecule has 11 heteroatoms. The van der Waals surface area contributed by atoms with E-state index in [1.807, 2.05) is 37.3 Å². The molecular formula is C30H36ClFN4O4S. The highest BCUT2D eigenvalue weighted by molar-refractivity contribution is 7.90. The first-order valence-corrected chi connectivity index (χ1v) is 15.1. The van der Waals surface area contributed by atoms with E-state index in [0.29, 0.717) is 17.1 Å². The van der Waals surface area contributed by atoms with Crippen molar-refractivity contribution < 1.29 is 22.4 Å². The zero-order chi connectivity index (χ0) is 30.0. The first-order chi connectivity index (χ1) is 19.5. The molecule has 0 radical (unpaired) electrons. The van der Waals surface area contributed by atoms with Crippen molar-refractivity contribution in [2.75, 3.05) is 31.5 Å². The van der Waals surface area contributed by atoms with Crippen molar-refractivity contribution in [3.8, 4) is 0 Å². The first-order valence-electron chi connectivity index (χ1n) is 13.3. The van der Waals surface area contributed by atoms with Gasteiger partial charge in [-0.3, -0.25) is 9.59 Å². The third-order valence-electron chi connectivity index (χ3n) is 6.48. The van der Waals surface area contributed by atoms with Crippen molar-refractivity contribution in [1.82, 2.24) is 14.5 Å². The summed E-state index contributed by atoms with van der Waals surface area (Å²) in [5, 5.41) is 3.37. The molecule has 1 atom stereocenters. The highest BCUT2D eigenvalue weighted by atomic mass is 35.5. The Morgan fingerprint density at radius 2 is 1.61 bits per heavy atom. The Balaban J connectivity index is 2.08. The van der Waals surface area contributed by atoms with Gasteiger partial charge in [0.1, 0.15) is 18.4 Å². The molecule has 0 saturated carbocycles. The minimum atomic E-state index is -4.29. The minimum Gasteiger partial charge on any atom is -0.354 e. The third-order valence-corrected chi connectivity index (χ3v) is 8.52. The van der Waals surface area contributed by atoms with Crippen LogP contribution in [0.1, 0.15) is 30.9 Å². The van der Waals surface area contributed by atoms with Crippen LogP contribution in [0.5, 0.6) is 0 Å². The number of para-hydroxylation sites is 1. The summed E-state index contributed by atoms with van der Waals surface area (Å²) >= 11 is 6.22. The number of halogens is 2. The average Bonchev–Trinajstić information content (AvgIpc) is 2.94. The zero-order valence-corrected chi connectivity index (χ0v) is 25.0. The van der Waals surface area contributed by atoms with Gasteiger partial charge in [0.05, 0.1) is 5.69 Å². The molecule has 3 aromatic rings. The molecule has 0 aliphatic heterocycles. The van der Waals surface area contributed by atoms with Gasteiger partial charge in [-0.2, -0.15) is 12.7 Å². The van der Waals surface area contributed by atoms with Crippen LogP contribution >= 0.6 is 11.6 Å². The van der Waals surface area contributed by atoms with Crippen LogP contribution in [0.25, 0.3) is 0 Å². The monoisotopic (exact) mass is 602 g/mol. The molecule has 3 rings (SSSR count). The van der Waals surface area contributed by atoms with Crippen molar-refractivity contribution in [1.29, 1.82) is 0 Å². The summed E-state index contributed by atoms with van der Waals surface area (Å²) in [6.07, 6.45) is 1.81. The minimum absolute atomic E-state index is 0.0226. The maximum absolute atomic E-state index is 14.9. The molecule has 220 valence electrons. The summed E-state index contributed by atoms with van der Waals surface area (Å²) in [4.78, 5) is 29.1. The fraction of sp³-hybridized carbons (Fsp3) is 0.333. The molecule has 0 aliphatic carbocycles. The van der Waals surface area contributed by atoms with Gasteiger partial charge in [-0.15, -0.1) is 0 Å². The molecule has 8 nitrogen and oxygen atoms in total. The number of anilines is 1. The van der Waals surface area contributed by atoms with E-state index in [-0.39, 0.29) is 24.6 Å². The Morgan fingerprint density at radius 3 is 2.24 bits per heavy atom. The topological polar surface area (TPSA) is 90.0 Å². The number of nitrogens with one attached hydrogen (secondary N) is 1. The van der Waals surface area contributed by atoms with Gasteiger partial charge in [-0.25, -0.2) is 8.70 Å². The maximum atomic E-state index is 14.9. The fourth-order valence-corrected chi connectivity index (χ4v) is 5.53. The SMILES string of the molecule is CCCCNC(=O)[C@@H](Cc1ccccc1)N(Cc1cccc(Cl)c1)C(=O)CN(c1ccccc1F)S(=O)(=O)N(C)C. The number of hydrogen-bond acceptors (Lipinski definition) is 4. The highest BCUT2D eigenvalue weighted by Crippen LogP contribution is 2.24. The van der Waals surface area contributed by atoms with Crippen LogP contribution in [0, 0.1) is 5.82 Å². The first kappa shape index (κ1) is 32.0. The summed E-state index contributed by atoms with van der Waals surface area (Å²) < 4.78 is 43.2. The van der Waals surface area contributed by atoms with E-state index in [1.165, 1.54) is 37.2 Å². The van der Waals surface area contributed by atoms with E-state index in [9.17, 15) is 22.4 Å². The lowest BCUT2D eigenvalue weighted by atomic mass is 10.0. The lowest BCUT2D eigenvalue weighted by Gasteiger charge is -2.34. The normalized spacial score (nSPS) is 12.1. The molecule has 0 fully saturated rings. The van der Waals surface area contributed by atoms with Crippen LogP contribution < -0.4 is 9.62 Å². The van der Waals surface area contributed by atoms with E-state index < -0.39 is 34.5 Å². The van der Waals surface area contributed by atoms with Gasteiger partial charge < -0.3 is 10.2 Å². The summed E-state index contributed by atoms with van der Waals surface area (Å²) in [7, 11) is -1.68. The van der Waals surface area contributed by atoms with Crippen LogP contribution in [-0.4, -0.2) is 62.7 Å². The van der Waals surface area contributed by atoms with Gasteiger partial charge in [0, 0.05) is 38.6 Å². The Kier molecular flexibility index (Phi) is 11.7. The zero-order valence-electron chi connectivity index (χ0n) is 23.5. The third kappa shape index (κ3) is 8.76. The molecule has 1 N–H and O–H groups in total. The summed E-state index contributed by atoms with van der Waals surface area (Å²) in [6, 6.07) is 20.5. The van der Waals surface area contributed by atoms with Gasteiger partial charge in [0.15, 0.2) is 0 Å². The van der Waals surface area contributed by atoms with Gasteiger partial charge in [-0.05, 0) is 41.8 Å². The number of carbonyl (C=O) groups excluding carboxylic acids is 2. The van der Waals surface area contributed by atoms with Crippen LogP contribution in [0.2, 0.25) is 5.02 Å². The fourth-order valence-electron chi connectivity index (χ4n) is 4.25. The van der Waals surface area contributed by atoms with Gasteiger partial charge in [0.25, 0.3) is 0 Å². The molecule has 0 bridgehead atoms. The van der Waals surface area contributed by atoms with E-state index in [2.05, 4.69) is 5.32 Å². The standard InChI is InChI=1S/C30H36ClFN4O4S/c1-4-5-18-33-30(38)28(20-23-12-7-6-8-13-23)35(21-24-14-11-15-25(31)19-24)29(37)22-36(41(39,40)34(2)3)27-17-10-9-16-26(27)32/h6-17,19,28H,4-5,18,20-22H2,1-3H3,(H,33,38)/t28-/m1/s1. The molecule has 0 heterocycles. The van der Waals surface area contributed by atoms with Gasteiger partial charge >= 0.3 is 10.2 Å². The molecule has 0 unspecified atom stereocenters. The Labute approximate surface area is 246 Å². The largest absolute Gasteiger partial charge is 0.354 e. The second-order valence-corrected chi connectivity index (χ2v) is 12.3. The lowest BCUT2D eigenvalue weighted by Crippen LogP contribution is -2.54. The predicted octanol–water partition coefficient (Wildman–Crippen LogP) is 4.65. The van der Waals surface area contributed by atoms with Crippen molar-refractivity contribution in [2.24, 2.45) is 0 Å². The summed E-state index contributed by atoms with van der Waals surface area (Å²) in [6.45, 7) is 1.68. The number of amides is 2. The highest BCUT2D eigenvalue weighted by Gasteiger charge is 2.35. The molecular weight excluding hydrogens is 567 g/mol. The smallest absolute Gasteiger partial charge is 0.304 e. The van der Waals surface area contributed by atoms with E-state index in [1.54, 1.807) is 24.3 Å². The number of unbranched alkanes of at least 4 members (excludes halogenated alkanes) is 1. The Bertz CT molecular complexity index is 1420. The van der Waals surface area contributed by atoms with E-state index in [0.717, 1.165) is 33.1 Å². The summed E-state index contributed by atoms with van der Waals surface area (Å²) in [5.74, 6) is -1.85. The van der Waals surface area contributed by atoms with Gasteiger partial charge in [0.2, 0.25) is 11.8 Å². The summed E-state index contributed by atoms with van der Waals surface area (Å²) in [5.41, 5.74) is 1.20. The molecule has 0 aliphatic rings. The van der Waals surface area contributed by atoms with Crippen molar-refractivity contribution in [3.05, 3.63) is 101 Å². The number of rotatable bonds is 14.